The quantitative estimate of drug-likeness (QED) is 0.733. The number of rotatable bonds is 9. The molecule has 2 rings (SSSR count). The summed E-state index contributed by atoms with van der Waals surface area (Å²) in [6.45, 7) is 7.12. The minimum atomic E-state index is 0.0699. The van der Waals surface area contributed by atoms with Crippen molar-refractivity contribution in [2.24, 2.45) is 5.73 Å². The highest BCUT2D eigenvalue weighted by molar-refractivity contribution is 5.18. The molecular formula is C21H30N2. The highest BCUT2D eigenvalue weighted by atomic mass is 15.2. The second-order valence-corrected chi connectivity index (χ2v) is 6.36. The fourth-order valence-corrected chi connectivity index (χ4v) is 3.40. The largest absolute Gasteiger partial charge is 0.329 e. The molecule has 0 aliphatic carbocycles. The zero-order valence-electron chi connectivity index (χ0n) is 14.5. The Labute approximate surface area is 141 Å². The summed E-state index contributed by atoms with van der Waals surface area (Å²) in [5.74, 6) is 0. The molecular weight excluding hydrogens is 280 g/mol. The van der Waals surface area contributed by atoms with E-state index in [4.69, 9.17) is 5.73 Å². The van der Waals surface area contributed by atoms with E-state index in [0.29, 0.717) is 6.54 Å². The molecule has 0 heterocycles. The zero-order valence-corrected chi connectivity index (χ0v) is 14.5. The molecule has 1 atom stereocenters. The van der Waals surface area contributed by atoms with Crippen LogP contribution < -0.4 is 5.73 Å². The van der Waals surface area contributed by atoms with Crippen molar-refractivity contribution in [1.29, 1.82) is 0 Å². The summed E-state index contributed by atoms with van der Waals surface area (Å²) < 4.78 is 0. The average Bonchev–Trinajstić information content (AvgIpc) is 2.61. The van der Waals surface area contributed by atoms with Crippen LogP contribution in [0.15, 0.2) is 60.7 Å². The van der Waals surface area contributed by atoms with Crippen LogP contribution in [0.4, 0.5) is 0 Å². The molecule has 0 saturated carbocycles. The molecule has 23 heavy (non-hydrogen) atoms. The Hall–Kier alpha value is -1.64. The van der Waals surface area contributed by atoms with Crippen molar-refractivity contribution >= 4 is 0 Å². The minimum absolute atomic E-state index is 0.0699. The Morgan fingerprint density at radius 2 is 1.30 bits per heavy atom. The van der Waals surface area contributed by atoms with Gasteiger partial charge in [-0.15, -0.1) is 0 Å². The van der Waals surface area contributed by atoms with E-state index in [-0.39, 0.29) is 5.54 Å². The normalized spacial score (nSPS) is 13.9. The van der Waals surface area contributed by atoms with Gasteiger partial charge in [-0.05, 0) is 24.0 Å². The van der Waals surface area contributed by atoms with Gasteiger partial charge >= 0.3 is 0 Å². The van der Waals surface area contributed by atoms with Gasteiger partial charge < -0.3 is 5.73 Å². The van der Waals surface area contributed by atoms with Gasteiger partial charge in [-0.1, -0.05) is 80.9 Å². The smallest absolute Gasteiger partial charge is 0.0336 e. The first-order chi connectivity index (χ1) is 11.2. The Balaban J connectivity index is 2.29. The lowest BCUT2D eigenvalue weighted by molar-refractivity contribution is 0.0632. The molecule has 2 N–H and O–H groups in total. The Bertz CT molecular complexity index is 505. The van der Waals surface area contributed by atoms with Gasteiger partial charge in [0.1, 0.15) is 0 Å². The molecule has 0 amide bonds. The van der Waals surface area contributed by atoms with Gasteiger partial charge in [-0.3, -0.25) is 4.90 Å². The van der Waals surface area contributed by atoms with Crippen molar-refractivity contribution in [2.45, 2.75) is 51.7 Å². The van der Waals surface area contributed by atoms with Gasteiger partial charge in [0, 0.05) is 25.2 Å². The van der Waals surface area contributed by atoms with Crippen molar-refractivity contribution in [3.63, 3.8) is 0 Å². The second-order valence-electron chi connectivity index (χ2n) is 6.36. The third-order valence-corrected chi connectivity index (χ3v) is 4.86. The molecule has 0 fully saturated rings. The molecule has 2 aromatic rings. The van der Waals surface area contributed by atoms with Crippen LogP contribution in [0.2, 0.25) is 0 Å². The molecule has 1 unspecified atom stereocenters. The molecule has 124 valence electrons. The van der Waals surface area contributed by atoms with Crippen LogP contribution in [-0.2, 0) is 13.1 Å². The topological polar surface area (TPSA) is 29.3 Å². The molecule has 0 aromatic heterocycles. The van der Waals surface area contributed by atoms with Crippen molar-refractivity contribution in [3.05, 3.63) is 71.8 Å². The van der Waals surface area contributed by atoms with E-state index in [9.17, 15) is 0 Å². The van der Waals surface area contributed by atoms with E-state index in [1.807, 2.05) is 0 Å². The van der Waals surface area contributed by atoms with Crippen LogP contribution in [0.3, 0.4) is 0 Å². The summed E-state index contributed by atoms with van der Waals surface area (Å²) in [6.07, 6.45) is 3.38. The van der Waals surface area contributed by atoms with Crippen LogP contribution >= 0.6 is 0 Å². The number of nitrogens with zero attached hydrogens (tertiary/aromatic N) is 1. The van der Waals surface area contributed by atoms with Crippen molar-refractivity contribution < 1.29 is 0 Å². The summed E-state index contributed by atoms with van der Waals surface area (Å²) in [7, 11) is 0. The summed E-state index contributed by atoms with van der Waals surface area (Å²) >= 11 is 0. The predicted octanol–water partition coefficient (Wildman–Crippen LogP) is 4.60. The molecule has 0 aliphatic heterocycles. The Kier molecular flexibility index (Phi) is 6.82. The Morgan fingerprint density at radius 1 is 0.826 bits per heavy atom. The van der Waals surface area contributed by atoms with Crippen molar-refractivity contribution in [2.75, 3.05) is 6.54 Å². The molecule has 2 nitrogen and oxygen atoms in total. The Morgan fingerprint density at radius 3 is 1.65 bits per heavy atom. The lowest BCUT2D eigenvalue weighted by Gasteiger charge is -2.43. The maximum Gasteiger partial charge on any atom is 0.0336 e. The van der Waals surface area contributed by atoms with Gasteiger partial charge in [-0.25, -0.2) is 0 Å². The summed E-state index contributed by atoms with van der Waals surface area (Å²) in [6, 6.07) is 21.5. The van der Waals surface area contributed by atoms with Crippen LogP contribution in [0, 0.1) is 0 Å². The van der Waals surface area contributed by atoms with Gasteiger partial charge in [-0.2, -0.15) is 0 Å². The van der Waals surface area contributed by atoms with E-state index in [2.05, 4.69) is 79.4 Å². The van der Waals surface area contributed by atoms with Crippen molar-refractivity contribution in [1.82, 2.24) is 4.90 Å². The second kappa shape index (κ2) is 8.85. The molecule has 0 bridgehead atoms. The first-order valence-electron chi connectivity index (χ1n) is 8.77. The number of hydrogen-bond acceptors (Lipinski definition) is 2. The standard InChI is InChI=1S/C21H30N2/c1-3-15-21(4-2,18-22)23(16-19-11-7-5-8-12-19)17-20-13-9-6-10-14-20/h5-14H,3-4,15-18,22H2,1-2H3. The lowest BCUT2D eigenvalue weighted by atomic mass is 9.87. The predicted molar refractivity (Wildman–Crippen MR) is 99.1 cm³/mol. The van der Waals surface area contributed by atoms with E-state index in [0.717, 1.165) is 32.4 Å². The third-order valence-electron chi connectivity index (χ3n) is 4.86. The fraction of sp³-hybridized carbons (Fsp3) is 0.429. The molecule has 2 aromatic carbocycles. The SMILES string of the molecule is CCCC(CC)(CN)N(Cc1ccccc1)Cc1ccccc1. The minimum Gasteiger partial charge on any atom is -0.329 e. The van der Waals surface area contributed by atoms with E-state index in [1.165, 1.54) is 11.1 Å². The third kappa shape index (κ3) is 4.66. The maximum atomic E-state index is 6.27. The molecule has 2 heteroatoms. The molecule has 0 radical (unpaired) electrons. The average molecular weight is 310 g/mol. The molecule has 0 saturated heterocycles. The number of hydrogen-bond donors (Lipinski definition) is 1. The number of benzene rings is 2. The van der Waals surface area contributed by atoms with Gasteiger partial charge in [0.2, 0.25) is 0 Å². The van der Waals surface area contributed by atoms with Crippen LogP contribution in [0.25, 0.3) is 0 Å². The zero-order chi connectivity index (χ0) is 16.5. The lowest BCUT2D eigenvalue weighted by Crippen LogP contribution is -2.52. The molecule has 0 aliphatic rings. The highest BCUT2D eigenvalue weighted by Gasteiger charge is 2.32. The molecule has 0 spiro atoms. The van der Waals surface area contributed by atoms with E-state index < -0.39 is 0 Å². The van der Waals surface area contributed by atoms with Gasteiger partial charge in [0.25, 0.3) is 0 Å². The summed E-state index contributed by atoms with van der Waals surface area (Å²) in [5, 5.41) is 0. The highest BCUT2D eigenvalue weighted by Crippen LogP contribution is 2.28. The van der Waals surface area contributed by atoms with Crippen molar-refractivity contribution in [3.8, 4) is 0 Å². The summed E-state index contributed by atoms with van der Waals surface area (Å²) in [5.41, 5.74) is 9.05. The first-order valence-corrected chi connectivity index (χ1v) is 8.77. The monoisotopic (exact) mass is 310 g/mol. The summed E-state index contributed by atoms with van der Waals surface area (Å²) in [4.78, 5) is 2.58. The van der Waals surface area contributed by atoms with Gasteiger partial charge in [0.05, 0.1) is 0 Å². The first kappa shape index (κ1) is 17.7. The van der Waals surface area contributed by atoms with E-state index >= 15 is 0 Å². The fourth-order valence-electron chi connectivity index (χ4n) is 3.40. The van der Waals surface area contributed by atoms with Crippen LogP contribution in [0.5, 0.6) is 0 Å². The van der Waals surface area contributed by atoms with E-state index in [1.54, 1.807) is 0 Å². The van der Waals surface area contributed by atoms with Crippen LogP contribution in [-0.4, -0.2) is 17.0 Å². The van der Waals surface area contributed by atoms with Crippen LogP contribution in [0.1, 0.15) is 44.2 Å². The maximum absolute atomic E-state index is 6.27. The van der Waals surface area contributed by atoms with Gasteiger partial charge in [0.15, 0.2) is 0 Å². The number of nitrogens with two attached hydrogens (primary N) is 1.